The number of carbonyl (C=O) groups excluding carboxylic acids is 8. The summed E-state index contributed by atoms with van der Waals surface area (Å²) in [7, 11) is 0. The van der Waals surface area contributed by atoms with Crippen LogP contribution in [0.2, 0.25) is 0 Å². The number of hydrogen-bond acceptors (Lipinski definition) is 16. The van der Waals surface area contributed by atoms with E-state index in [4.69, 9.17) is 11.5 Å². The SMILES string of the molecule is CC[C@H](C)[C@H](NC(=O)[C@H](CO)NC(=O)[C@H](Cc1ccc(O)cc1)NC(=O)[C@H](Cc1ccc(O)cc1)NC(=O)[C@@H]1CCCN1C(=O)CN)C(=O)N[C@@H](CCCCN)C(=O)N[C@@H](CO)C(=O)N[C@@H](CO)C(=O)O. The van der Waals surface area contributed by atoms with E-state index >= 15 is 0 Å². The summed E-state index contributed by atoms with van der Waals surface area (Å²) in [5.41, 5.74) is 12.1. The van der Waals surface area contributed by atoms with Crippen LogP contribution in [0.1, 0.15) is 63.5 Å². The van der Waals surface area contributed by atoms with Crippen molar-refractivity contribution < 1.29 is 73.8 Å². The van der Waals surface area contributed by atoms with E-state index in [1.807, 2.05) is 5.32 Å². The third kappa shape index (κ3) is 18.1. The van der Waals surface area contributed by atoms with E-state index in [-0.39, 0.29) is 63.2 Å². The Bertz CT molecular complexity index is 2130. The summed E-state index contributed by atoms with van der Waals surface area (Å²) in [6, 6.07) is -0.411. The first-order chi connectivity index (χ1) is 33.8. The van der Waals surface area contributed by atoms with Crippen LogP contribution >= 0.6 is 0 Å². The molecule has 0 radical (unpaired) electrons. The zero-order valence-corrected chi connectivity index (χ0v) is 39.7. The van der Waals surface area contributed by atoms with Gasteiger partial charge in [-0.05, 0) is 80.0 Å². The number of aliphatic hydroxyl groups excluding tert-OH is 3. The second-order valence-corrected chi connectivity index (χ2v) is 17.1. The number of aliphatic carboxylic acids is 1. The van der Waals surface area contributed by atoms with E-state index in [9.17, 15) is 73.8 Å². The number of nitrogens with zero attached hydrogens (tertiary/aromatic N) is 1. The van der Waals surface area contributed by atoms with E-state index in [1.165, 1.54) is 53.4 Å². The number of unbranched alkanes of at least 4 members (excludes halogenated alkanes) is 1. The summed E-state index contributed by atoms with van der Waals surface area (Å²) >= 11 is 0. The predicted octanol–water partition coefficient (Wildman–Crippen LogP) is -4.54. The summed E-state index contributed by atoms with van der Waals surface area (Å²) in [5.74, 6) is -9.45. The van der Waals surface area contributed by atoms with Crippen LogP contribution < -0.4 is 48.7 Å². The van der Waals surface area contributed by atoms with Gasteiger partial charge in [-0.15, -0.1) is 0 Å². The van der Waals surface area contributed by atoms with Gasteiger partial charge in [-0.2, -0.15) is 0 Å². The van der Waals surface area contributed by atoms with Crippen molar-refractivity contribution in [3.05, 3.63) is 59.7 Å². The van der Waals surface area contributed by atoms with Crippen LogP contribution in [-0.4, -0.2) is 177 Å². The van der Waals surface area contributed by atoms with E-state index < -0.39 is 127 Å². The van der Waals surface area contributed by atoms with E-state index in [2.05, 4.69) is 31.9 Å². The Labute approximate surface area is 409 Å². The molecule has 2 aromatic carbocycles. The van der Waals surface area contributed by atoms with Crippen molar-refractivity contribution in [2.45, 2.75) is 114 Å². The Morgan fingerprint density at radius 1 is 0.606 bits per heavy atom. The maximum Gasteiger partial charge on any atom is 0.328 e. The molecule has 1 fully saturated rings. The van der Waals surface area contributed by atoms with Gasteiger partial charge in [-0.3, -0.25) is 38.4 Å². The number of aromatic hydroxyl groups is 2. The quantitative estimate of drug-likeness (QED) is 0.0341. The number of aliphatic hydroxyl groups is 3. The van der Waals surface area contributed by atoms with Gasteiger partial charge in [0, 0.05) is 19.4 Å². The number of nitrogens with two attached hydrogens (primary N) is 2. The highest BCUT2D eigenvalue weighted by atomic mass is 16.4. The molecule has 0 unspecified atom stereocenters. The fraction of sp³-hybridized carbons (Fsp3) is 0.543. The van der Waals surface area contributed by atoms with Gasteiger partial charge in [-0.25, -0.2) is 4.79 Å². The number of likely N-dealkylation sites (tertiary alicyclic amines) is 1. The number of rotatable bonds is 29. The number of carbonyl (C=O) groups is 9. The van der Waals surface area contributed by atoms with Crippen molar-refractivity contribution in [1.82, 2.24) is 42.1 Å². The maximum absolute atomic E-state index is 14.3. The standard InChI is InChI=1S/C46H68N10O15/c1-3-25(2)38(45(69)49-30(7-4-5-17-47)39(63)52-33(22-57)42(66)54-35(24-59)46(70)71)55-43(67)34(23-58)53-41(65)31(19-26-9-13-28(60)14-10-26)50-40(64)32(20-27-11-15-29(61)16-12-27)51-44(68)36-8-6-18-56(36)37(62)21-48/h9-16,25,30-36,38,57-61H,3-8,17-24,47-48H2,1-2H3,(H,49,69)(H,50,64)(H,51,68)(H,52,63)(H,53,65)(H,54,66)(H,55,67)(H,70,71)/t25-,30-,31-,32-,33-,34-,35-,36-,38-/m0/s1. The van der Waals surface area contributed by atoms with Crippen molar-refractivity contribution >= 4 is 53.2 Å². The molecule has 0 saturated carbocycles. The molecule has 1 aliphatic heterocycles. The van der Waals surface area contributed by atoms with Crippen LogP contribution in [-0.2, 0) is 56.0 Å². The van der Waals surface area contributed by atoms with Gasteiger partial charge in [0.2, 0.25) is 47.3 Å². The van der Waals surface area contributed by atoms with E-state index in [1.54, 1.807) is 13.8 Å². The fourth-order valence-corrected chi connectivity index (χ4v) is 7.52. The third-order valence-corrected chi connectivity index (χ3v) is 11.9. The summed E-state index contributed by atoms with van der Waals surface area (Å²) in [4.78, 5) is 121. The minimum Gasteiger partial charge on any atom is -0.508 e. The van der Waals surface area contributed by atoms with Gasteiger partial charge in [-0.1, -0.05) is 44.5 Å². The zero-order valence-electron chi connectivity index (χ0n) is 39.7. The summed E-state index contributed by atoms with van der Waals surface area (Å²) in [6.45, 7) is 0.452. The molecule has 8 amide bonds. The normalized spacial score (nSPS) is 16.6. The monoisotopic (exact) mass is 1000 g/mol. The van der Waals surface area contributed by atoms with Crippen molar-refractivity contribution in [3.8, 4) is 11.5 Å². The van der Waals surface area contributed by atoms with Gasteiger partial charge in [0.05, 0.1) is 26.4 Å². The minimum atomic E-state index is -1.75. The summed E-state index contributed by atoms with van der Waals surface area (Å²) < 4.78 is 0. The second kappa shape index (κ2) is 29.3. The number of benzene rings is 2. The largest absolute Gasteiger partial charge is 0.508 e. The van der Waals surface area contributed by atoms with Gasteiger partial charge in [0.15, 0.2) is 0 Å². The third-order valence-electron chi connectivity index (χ3n) is 11.9. The molecule has 9 atom stereocenters. The Hall–Kier alpha value is -6.93. The first kappa shape index (κ1) is 58.4. The Balaban J connectivity index is 1.88. The second-order valence-electron chi connectivity index (χ2n) is 17.1. The molecule has 0 bridgehead atoms. The highest BCUT2D eigenvalue weighted by Crippen LogP contribution is 2.19. The van der Waals surface area contributed by atoms with Crippen molar-refractivity contribution in [3.63, 3.8) is 0 Å². The molecule has 3 rings (SSSR count). The minimum absolute atomic E-state index is 0.0416. The number of nitrogens with one attached hydrogen (secondary N) is 7. The van der Waals surface area contributed by atoms with Crippen LogP contribution in [0, 0.1) is 5.92 Å². The van der Waals surface area contributed by atoms with Crippen molar-refractivity contribution in [1.29, 1.82) is 0 Å². The smallest absolute Gasteiger partial charge is 0.328 e. The number of phenols is 2. The summed E-state index contributed by atoms with van der Waals surface area (Å²) in [6.07, 6.45) is 1.34. The van der Waals surface area contributed by atoms with Crippen LogP contribution in [0.4, 0.5) is 0 Å². The zero-order chi connectivity index (χ0) is 52.8. The number of hydrogen-bond donors (Lipinski definition) is 15. The van der Waals surface area contributed by atoms with Crippen LogP contribution in [0.3, 0.4) is 0 Å². The average molecular weight is 1000 g/mol. The lowest BCUT2D eigenvalue weighted by Crippen LogP contribution is -2.62. The predicted molar refractivity (Wildman–Crippen MR) is 252 cm³/mol. The molecule has 0 aromatic heterocycles. The number of phenolic OH excluding ortho intramolecular Hbond substituents is 2. The van der Waals surface area contributed by atoms with Gasteiger partial charge < -0.3 is 84.2 Å². The van der Waals surface area contributed by atoms with Crippen molar-refractivity contribution in [2.24, 2.45) is 17.4 Å². The first-order valence-electron chi connectivity index (χ1n) is 23.2. The highest BCUT2D eigenvalue weighted by molar-refractivity contribution is 5.98. The Morgan fingerprint density at radius 2 is 1.04 bits per heavy atom. The van der Waals surface area contributed by atoms with Gasteiger partial charge in [0.1, 0.15) is 59.8 Å². The number of carboxylic acids is 1. The summed E-state index contributed by atoms with van der Waals surface area (Å²) in [5, 5.41) is 75.7. The Morgan fingerprint density at radius 3 is 1.51 bits per heavy atom. The molecule has 1 aliphatic rings. The molecule has 2 aromatic rings. The molecule has 1 saturated heterocycles. The van der Waals surface area contributed by atoms with E-state index in [0.717, 1.165) is 0 Å². The van der Waals surface area contributed by atoms with Crippen LogP contribution in [0.15, 0.2) is 48.5 Å². The molecule has 25 nitrogen and oxygen atoms in total. The molecule has 17 N–H and O–H groups in total. The average Bonchev–Trinajstić information content (AvgIpc) is 3.86. The number of carboxylic acid groups (broad SMARTS) is 1. The van der Waals surface area contributed by atoms with Gasteiger partial charge in [0.25, 0.3) is 0 Å². The van der Waals surface area contributed by atoms with Crippen LogP contribution in [0.25, 0.3) is 0 Å². The molecule has 25 heteroatoms. The fourth-order valence-electron chi connectivity index (χ4n) is 7.52. The lowest BCUT2D eigenvalue weighted by molar-refractivity contribution is -0.143. The molecule has 1 heterocycles. The Kier molecular flexibility index (Phi) is 24.1. The number of amides is 8. The maximum atomic E-state index is 14.3. The molecule has 71 heavy (non-hydrogen) atoms. The topological polar surface area (TPSA) is 414 Å². The highest BCUT2D eigenvalue weighted by Gasteiger charge is 2.38. The molecule has 0 spiro atoms. The molecular formula is C46H68N10O15. The van der Waals surface area contributed by atoms with E-state index in [0.29, 0.717) is 30.4 Å². The molecule has 0 aliphatic carbocycles. The molecular weight excluding hydrogens is 933 g/mol. The van der Waals surface area contributed by atoms with Gasteiger partial charge >= 0.3 is 5.97 Å². The first-order valence-corrected chi connectivity index (χ1v) is 23.2. The van der Waals surface area contributed by atoms with Crippen LogP contribution in [0.5, 0.6) is 11.5 Å². The lowest BCUT2D eigenvalue weighted by Gasteiger charge is -2.29. The lowest BCUT2D eigenvalue weighted by atomic mass is 9.97. The van der Waals surface area contributed by atoms with Crippen molar-refractivity contribution in [2.75, 3.05) is 39.5 Å². The molecule has 392 valence electrons.